The highest BCUT2D eigenvalue weighted by molar-refractivity contribution is 8.01. The average molecular weight is 230 g/mol. The van der Waals surface area contributed by atoms with Crippen LogP contribution >= 0.6 is 25.3 Å². The normalized spacial score (nSPS) is 20.4. The molecule has 0 saturated heterocycles. The Kier molecular flexibility index (Phi) is 1.91. The molecule has 0 spiro atoms. The summed E-state index contributed by atoms with van der Waals surface area (Å²) in [4.78, 5) is 0. The Morgan fingerprint density at radius 1 is 1.07 bits per heavy atom. The minimum Gasteiger partial charge on any atom is -0.153 e. The molecule has 1 aromatic carbocycles. The fourth-order valence-corrected chi connectivity index (χ4v) is 2.64. The second-order valence-electron chi connectivity index (χ2n) is 3.81. The number of hydrogen-bond donors (Lipinski definition) is 2. The van der Waals surface area contributed by atoms with Crippen LogP contribution < -0.4 is 0 Å². The van der Waals surface area contributed by atoms with Crippen molar-refractivity contribution >= 4 is 36.9 Å². The van der Waals surface area contributed by atoms with Gasteiger partial charge in [0.05, 0.1) is 4.08 Å². The van der Waals surface area contributed by atoms with Crippen molar-refractivity contribution in [3.63, 3.8) is 0 Å². The molecular weight excluding hydrogens is 220 g/mol. The van der Waals surface area contributed by atoms with Gasteiger partial charge in [-0.3, -0.25) is 0 Å². The Labute approximate surface area is 100 Å². The molecule has 1 aromatic rings. The van der Waals surface area contributed by atoms with Gasteiger partial charge in [-0.05, 0) is 28.3 Å². The van der Waals surface area contributed by atoms with Crippen LogP contribution in [0.15, 0.2) is 48.1 Å². The first kappa shape index (κ1) is 9.37. The summed E-state index contributed by atoms with van der Waals surface area (Å²) in [5.41, 5.74) is 4.97. The average Bonchev–Trinajstić information content (AvgIpc) is 2.58. The minimum atomic E-state index is -0.441. The molecule has 0 bridgehead atoms. The van der Waals surface area contributed by atoms with Gasteiger partial charge in [0.15, 0.2) is 0 Å². The topological polar surface area (TPSA) is 0 Å². The predicted molar refractivity (Wildman–Crippen MR) is 72.2 cm³/mol. The molecular formula is C13H10S2. The second kappa shape index (κ2) is 3.06. The van der Waals surface area contributed by atoms with Crippen molar-refractivity contribution in [2.45, 2.75) is 4.08 Å². The molecule has 0 aromatic heterocycles. The number of allylic oxidation sites excluding steroid dienone is 3. The van der Waals surface area contributed by atoms with Gasteiger partial charge in [0.2, 0.25) is 0 Å². The maximum atomic E-state index is 4.57. The summed E-state index contributed by atoms with van der Waals surface area (Å²) in [7, 11) is 0. The summed E-state index contributed by atoms with van der Waals surface area (Å²) in [6.45, 7) is 0. The molecule has 0 nitrogen and oxygen atoms in total. The van der Waals surface area contributed by atoms with Gasteiger partial charge in [-0.25, -0.2) is 0 Å². The van der Waals surface area contributed by atoms with E-state index in [2.05, 4.69) is 61.7 Å². The van der Waals surface area contributed by atoms with Crippen molar-refractivity contribution in [3.05, 3.63) is 59.2 Å². The predicted octanol–water partition coefficient (Wildman–Crippen LogP) is 3.59. The van der Waals surface area contributed by atoms with Crippen LogP contribution in [0.2, 0.25) is 0 Å². The first-order valence-electron chi connectivity index (χ1n) is 4.85. The zero-order valence-corrected chi connectivity index (χ0v) is 9.80. The zero-order chi connectivity index (χ0) is 10.5. The molecule has 2 aliphatic rings. The van der Waals surface area contributed by atoms with Crippen molar-refractivity contribution in [3.8, 4) is 0 Å². The third kappa shape index (κ3) is 1.32. The maximum Gasteiger partial charge on any atom is 0.0996 e. The van der Waals surface area contributed by atoms with E-state index in [9.17, 15) is 0 Å². The molecule has 0 radical (unpaired) electrons. The van der Waals surface area contributed by atoms with E-state index in [1.54, 1.807) is 0 Å². The van der Waals surface area contributed by atoms with Gasteiger partial charge < -0.3 is 0 Å². The Bertz CT molecular complexity index is 519. The number of benzene rings is 1. The van der Waals surface area contributed by atoms with E-state index in [1.165, 1.54) is 22.3 Å². The highest BCUT2D eigenvalue weighted by Crippen LogP contribution is 2.47. The van der Waals surface area contributed by atoms with E-state index < -0.39 is 4.08 Å². The van der Waals surface area contributed by atoms with Gasteiger partial charge in [-0.15, -0.1) is 0 Å². The Morgan fingerprint density at radius 3 is 2.73 bits per heavy atom. The fourth-order valence-electron chi connectivity index (χ4n) is 2.10. The molecule has 0 fully saturated rings. The fraction of sp³-hybridized carbons (Fsp3) is 0.0769. The molecule has 74 valence electrons. The number of rotatable bonds is 0. The van der Waals surface area contributed by atoms with Crippen molar-refractivity contribution in [1.82, 2.24) is 0 Å². The molecule has 0 N–H and O–H groups in total. The highest BCUT2D eigenvalue weighted by atomic mass is 32.2. The zero-order valence-electron chi connectivity index (χ0n) is 8.01. The van der Waals surface area contributed by atoms with Gasteiger partial charge in [0.1, 0.15) is 0 Å². The monoisotopic (exact) mass is 230 g/mol. The van der Waals surface area contributed by atoms with Gasteiger partial charge in [-0.2, -0.15) is 25.3 Å². The Balaban J connectivity index is 2.25. The van der Waals surface area contributed by atoms with Crippen LogP contribution in [0.5, 0.6) is 0 Å². The second-order valence-corrected chi connectivity index (χ2v) is 5.57. The van der Waals surface area contributed by atoms with E-state index in [0.29, 0.717) is 0 Å². The molecule has 0 aliphatic heterocycles. The molecule has 15 heavy (non-hydrogen) atoms. The molecule has 3 rings (SSSR count). The molecule has 2 heteroatoms. The Hall–Kier alpha value is -0.860. The summed E-state index contributed by atoms with van der Waals surface area (Å²) >= 11 is 9.13. The van der Waals surface area contributed by atoms with Crippen molar-refractivity contribution in [2.24, 2.45) is 0 Å². The van der Waals surface area contributed by atoms with Crippen LogP contribution in [0.3, 0.4) is 0 Å². The summed E-state index contributed by atoms with van der Waals surface area (Å²) < 4.78 is -0.441. The third-order valence-corrected chi connectivity index (χ3v) is 3.61. The third-order valence-electron chi connectivity index (χ3n) is 2.83. The summed E-state index contributed by atoms with van der Waals surface area (Å²) in [6.07, 6.45) is 8.32. The van der Waals surface area contributed by atoms with Crippen molar-refractivity contribution in [1.29, 1.82) is 0 Å². The van der Waals surface area contributed by atoms with Crippen molar-refractivity contribution in [2.75, 3.05) is 0 Å². The molecule has 0 atom stereocenters. The lowest BCUT2D eigenvalue weighted by atomic mass is 9.96. The lowest BCUT2D eigenvalue weighted by Gasteiger charge is -2.24. The lowest BCUT2D eigenvalue weighted by molar-refractivity contribution is 1.26. The largest absolute Gasteiger partial charge is 0.153 e. The van der Waals surface area contributed by atoms with Gasteiger partial charge >= 0.3 is 0 Å². The molecule has 0 saturated carbocycles. The SMILES string of the molecule is SC1(S)C=CC=C2C1=Cc1ccccc12. The van der Waals surface area contributed by atoms with Crippen LogP contribution in [-0.4, -0.2) is 4.08 Å². The van der Waals surface area contributed by atoms with E-state index in [-0.39, 0.29) is 0 Å². The Morgan fingerprint density at radius 2 is 1.87 bits per heavy atom. The summed E-state index contributed by atoms with van der Waals surface area (Å²) in [6, 6.07) is 8.38. The van der Waals surface area contributed by atoms with Crippen LogP contribution in [0.25, 0.3) is 11.6 Å². The van der Waals surface area contributed by atoms with Gasteiger partial charge in [0.25, 0.3) is 0 Å². The molecule has 2 aliphatic carbocycles. The molecule has 0 heterocycles. The first-order chi connectivity index (χ1) is 7.18. The van der Waals surface area contributed by atoms with Crippen LogP contribution in [0.1, 0.15) is 11.1 Å². The smallest absolute Gasteiger partial charge is 0.0996 e. The lowest BCUT2D eigenvalue weighted by Crippen LogP contribution is -2.14. The number of thiol groups is 2. The summed E-state index contributed by atoms with van der Waals surface area (Å²) in [5, 5.41) is 0. The first-order valence-corrected chi connectivity index (χ1v) is 5.74. The summed E-state index contributed by atoms with van der Waals surface area (Å²) in [5.74, 6) is 0. The highest BCUT2D eigenvalue weighted by Gasteiger charge is 2.32. The van der Waals surface area contributed by atoms with Crippen molar-refractivity contribution < 1.29 is 0 Å². The molecule has 0 unspecified atom stereocenters. The van der Waals surface area contributed by atoms with E-state index in [1.807, 2.05) is 12.2 Å². The van der Waals surface area contributed by atoms with Gasteiger partial charge in [0, 0.05) is 0 Å². The molecule has 0 amide bonds. The standard InChI is InChI=1S/C13H10S2/c14-13(15)7-3-6-11-10-5-2-1-4-9(10)8-12(11)13/h1-8,14-15H. The minimum absolute atomic E-state index is 0.441. The van der Waals surface area contributed by atoms with Crippen LogP contribution in [0.4, 0.5) is 0 Å². The van der Waals surface area contributed by atoms with Crippen LogP contribution in [0, 0.1) is 0 Å². The van der Waals surface area contributed by atoms with E-state index >= 15 is 0 Å². The van der Waals surface area contributed by atoms with E-state index in [0.717, 1.165) is 0 Å². The van der Waals surface area contributed by atoms with Crippen LogP contribution in [-0.2, 0) is 0 Å². The number of fused-ring (bicyclic) bond motifs is 3. The maximum absolute atomic E-state index is 4.57. The van der Waals surface area contributed by atoms with E-state index in [4.69, 9.17) is 0 Å². The quantitative estimate of drug-likeness (QED) is 0.494. The van der Waals surface area contributed by atoms with Gasteiger partial charge in [-0.1, -0.05) is 42.5 Å². The number of hydrogen-bond acceptors (Lipinski definition) is 2.